The van der Waals surface area contributed by atoms with Crippen molar-refractivity contribution in [3.63, 3.8) is 0 Å². The standard InChI is InChI=1S/C8H12FNO/c1-3-10-4-5-6(7(10)11)8(5,2)9/h5-6H,3-4H2,1-2H3. The van der Waals surface area contributed by atoms with E-state index in [4.69, 9.17) is 0 Å². The molecule has 62 valence electrons. The van der Waals surface area contributed by atoms with Crippen molar-refractivity contribution in [3.8, 4) is 0 Å². The molecule has 0 spiro atoms. The molecule has 11 heavy (non-hydrogen) atoms. The molecule has 3 heteroatoms. The topological polar surface area (TPSA) is 20.3 Å². The first-order valence-corrected chi connectivity index (χ1v) is 4.06. The van der Waals surface area contributed by atoms with Gasteiger partial charge in [0, 0.05) is 19.0 Å². The molecule has 1 aliphatic heterocycles. The van der Waals surface area contributed by atoms with Crippen molar-refractivity contribution < 1.29 is 9.18 Å². The van der Waals surface area contributed by atoms with Gasteiger partial charge in [-0.2, -0.15) is 0 Å². The summed E-state index contributed by atoms with van der Waals surface area (Å²) in [5.41, 5.74) is -1.18. The zero-order valence-electron chi connectivity index (χ0n) is 6.80. The van der Waals surface area contributed by atoms with Gasteiger partial charge in [-0.25, -0.2) is 4.39 Å². The largest absolute Gasteiger partial charge is 0.342 e. The SMILES string of the molecule is CCN1CC2C(C1=O)C2(C)F. The first-order valence-electron chi connectivity index (χ1n) is 4.06. The van der Waals surface area contributed by atoms with Gasteiger partial charge in [0.1, 0.15) is 5.67 Å². The van der Waals surface area contributed by atoms with Crippen LogP contribution >= 0.6 is 0 Å². The third kappa shape index (κ3) is 0.686. The minimum Gasteiger partial charge on any atom is -0.342 e. The van der Waals surface area contributed by atoms with Gasteiger partial charge >= 0.3 is 0 Å². The molecular formula is C8H12FNO. The highest BCUT2D eigenvalue weighted by molar-refractivity contribution is 5.87. The molecule has 1 saturated carbocycles. The van der Waals surface area contributed by atoms with Gasteiger partial charge in [-0.1, -0.05) is 0 Å². The zero-order valence-corrected chi connectivity index (χ0v) is 6.80. The van der Waals surface area contributed by atoms with Crippen LogP contribution in [0.2, 0.25) is 0 Å². The number of rotatable bonds is 1. The Labute approximate surface area is 65.4 Å². The third-order valence-corrected chi connectivity index (χ3v) is 3.00. The number of carbonyl (C=O) groups is 1. The number of hydrogen-bond donors (Lipinski definition) is 0. The van der Waals surface area contributed by atoms with Gasteiger partial charge in [-0.3, -0.25) is 4.79 Å². The molecule has 0 radical (unpaired) electrons. The van der Waals surface area contributed by atoms with Crippen molar-refractivity contribution in [1.29, 1.82) is 0 Å². The fourth-order valence-electron chi connectivity index (χ4n) is 2.07. The molecule has 0 aromatic carbocycles. The van der Waals surface area contributed by atoms with Crippen molar-refractivity contribution in [3.05, 3.63) is 0 Å². The van der Waals surface area contributed by atoms with Crippen LogP contribution in [0.4, 0.5) is 4.39 Å². The normalized spacial score (nSPS) is 47.9. The Morgan fingerprint density at radius 3 is 2.82 bits per heavy atom. The maximum Gasteiger partial charge on any atom is 0.229 e. The van der Waals surface area contributed by atoms with Crippen molar-refractivity contribution in [2.24, 2.45) is 11.8 Å². The van der Waals surface area contributed by atoms with Gasteiger partial charge in [0.25, 0.3) is 0 Å². The van der Waals surface area contributed by atoms with E-state index >= 15 is 0 Å². The quantitative estimate of drug-likeness (QED) is 0.552. The Bertz CT molecular complexity index is 214. The summed E-state index contributed by atoms with van der Waals surface area (Å²) in [5.74, 6) is -0.292. The molecule has 1 heterocycles. The first kappa shape index (κ1) is 7.07. The summed E-state index contributed by atoms with van der Waals surface area (Å²) in [4.78, 5) is 13.0. The van der Waals surface area contributed by atoms with E-state index in [1.54, 1.807) is 4.90 Å². The third-order valence-electron chi connectivity index (χ3n) is 3.00. The van der Waals surface area contributed by atoms with E-state index in [1.807, 2.05) is 6.92 Å². The first-order chi connectivity index (χ1) is 5.09. The molecule has 1 aliphatic carbocycles. The lowest BCUT2D eigenvalue weighted by Crippen LogP contribution is -2.32. The molecule has 2 fully saturated rings. The van der Waals surface area contributed by atoms with Crippen molar-refractivity contribution >= 4 is 5.91 Å². The number of nitrogens with zero attached hydrogens (tertiary/aromatic N) is 1. The Hall–Kier alpha value is -0.600. The predicted molar refractivity (Wildman–Crippen MR) is 38.7 cm³/mol. The van der Waals surface area contributed by atoms with E-state index in [1.165, 1.54) is 6.92 Å². The second kappa shape index (κ2) is 1.76. The molecule has 2 rings (SSSR count). The van der Waals surface area contributed by atoms with Crippen LogP contribution in [0.5, 0.6) is 0 Å². The van der Waals surface area contributed by atoms with Crippen LogP contribution in [0.25, 0.3) is 0 Å². The number of hydrogen-bond acceptors (Lipinski definition) is 1. The van der Waals surface area contributed by atoms with Gasteiger partial charge in [0.15, 0.2) is 0 Å². The molecule has 3 unspecified atom stereocenters. The lowest BCUT2D eigenvalue weighted by atomic mass is 10.2. The van der Waals surface area contributed by atoms with Crippen molar-refractivity contribution in [2.75, 3.05) is 13.1 Å². The van der Waals surface area contributed by atoms with E-state index < -0.39 is 5.67 Å². The fraction of sp³-hybridized carbons (Fsp3) is 0.875. The highest BCUT2D eigenvalue weighted by Gasteiger charge is 2.71. The number of amides is 1. The lowest BCUT2D eigenvalue weighted by molar-refractivity contribution is -0.131. The smallest absolute Gasteiger partial charge is 0.229 e. The summed E-state index contributed by atoms with van der Waals surface area (Å²) in [5, 5.41) is 0. The van der Waals surface area contributed by atoms with Crippen molar-refractivity contribution in [2.45, 2.75) is 19.5 Å². The monoisotopic (exact) mass is 157 g/mol. The van der Waals surface area contributed by atoms with Crippen LogP contribution in [0.3, 0.4) is 0 Å². The van der Waals surface area contributed by atoms with Crippen LogP contribution in [0, 0.1) is 11.8 Å². The molecule has 0 N–H and O–H groups in total. The molecule has 0 bridgehead atoms. The molecule has 0 aromatic heterocycles. The molecule has 2 nitrogen and oxygen atoms in total. The Morgan fingerprint density at radius 2 is 2.45 bits per heavy atom. The Kier molecular flexibility index (Phi) is 1.13. The number of alkyl halides is 1. The fourth-order valence-corrected chi connectivity index (χ4v) is 2.07. The van der Waals surface area contributed by atoms with E-state index in [-0.39, 0.29) is 17.7 Å². The highest BCUT2D eigenvalue weighted by atomic mass is 19.1. The maximum atomic E-state index is 13.2. The van der Waals surface area contributed by atoms with Gasteiger partial charge in [-0.15, -0.1) is 0 Å². The van der Waals surface area contributed by atoms with Gasteiger partial charge < -0.3 is 4.90 Å². The number of halogens is 1. The average molecular weight is 157 g/mol. The lowest BCUT2D eigenvalue weighted by Gasteiger charge is -2.18. The van der Waals surface area contributed by atoms with E-state index in [0.717, 1.165) is 6.54 Å². The molecule has 0 aromatic rings. The van der Waals surface area contributed by atoms with Crippen LogP contribution < -0.4 is 0 Å². The molecular weight excluding hydrogens is 145 g/mol. The summed E-state index contributed by atoms with van der Waals surface area (Å²) in [7, 11) is 0. The van der Waals surface area contributed by atoms with Crippen LogP contribution in [-0.4, -0.2) is 29.6 Å². The number of piperidine rings is 1. The minimum atomic E-state index is -1.18. The number of carbonyl (C=O) groups excluding carboxylic acids is 1. The average Bonchev–Trinajstić information content (AvgIpc) is 2.34. The number of fused-ring (bicyclic) bond motifs is 1. The highest BCUT2D eigenvalue weighted by Crippen LogP contribution is 2.58. The van der Waals surface area contributed by atoms with E-state index in [9.17, 15) is 9.18 Å². The second-order valence-electron chi connectivity index (χ2n) is 3.61. The predicted octanol–water partition coefficient (Wildman–Crippen LogP) is 0.823. The van der Waals surface area contributed by atoms with Crippen LogP contribution in [0.15, 0.2) is 0 Å². The van der Waals surface area contributed by atoms with Gasteiger partial charge in [0.05, 0.1) is 5.92 Å². The second-order valence-corrected chi connectivity index (χ2v) is 3.61. The maximum absolute atomic E-state index is 13.2. The van der Waals surface area contributed by atoms with Gasteiger partial charge in [0.2, 0.25) is 5.91 Å². The summed E-state index contributed by atoms with van der Waals surface area (Å²) < 4.78 is 13.2. The van der Waals surface area contributed by atoms with Gasteiger partial charge in [-0.05, 0) is 13.8 Å². The summed E-state index contributed by atoms with van der Waals surface area (Å²) in [6.07, 6.45) is 0. The summed E-state index contributed by atoms with van der Waals surface area (Å²) in [6.45, 7) is 4.82. The van der Waals surface area contributed by atoms with E-state index in [0.29, 0.717) is 6.54 Å². The number of likely N-dealkylation sites (tertiary alicyclic amines) is 1. The Morgan fingerprint density at radius 1 is 1.82 bits per heavy atom. The zero-order chi connectivity index (χ0) is 8.22. The molecule has 1 saturated heterocycles. The molecule has 1 amide bonds. The summed E-state index contributed by atoms with van der Waals surface area (Å²) in [6, 6.07) is 0. The molecule has 3 atom stereocenters. The van der Waals surface area contributed by atoms with Crippen LogP contribution in [-0.2, 0) is 4.79 Å². The Balaban J connectivity index is 2.12. The van der Waals surface area contributed by atoms with E-state index in [2.05, 4.69) is 0 Å². The minimum absolute atomic E-state index is 0.00468. The molecule has 2 aliphatic rings. The summed E-state index contributed by atoms with van der Waals surface area (Å²) >= 11 is 0. The van der Waals surface area contributed by atoms with Crippen molar-refractivity contribution in [1.82, 2.24) is 4.90 Å². The van der Waals surface area contributed by atoms with Crippen LogP contribution in [0.1, 0.15) is 13.8 Å².